The Morgan fingerprint density at radius 3 is 2.64 bits per heavy atom. The first kappa shape index (κ1) is 16.0. The molecule has 0 aliphatic rings. The lowest BCUT2D eigenvalue weighted by molar-refractivity contribution is 0.0525. The van der Waals surface area contributed by atoms with Crippen molar-refractivity contribution in [2.75, 3.05) is 12.9 Å². The average Bonchev–Trinajstić information content (AvgIpc) is 2.54. The molecule has 0 fully saturated rings. The highest BCUT2D eigenvalue weighted by Gasteiger charge is 2.24. The summed E-state index contributed by atoms with van der Waals surface area (Å²) in [6.07, 6.45) is 5.10. The number of ether oxygens (including phenoxy) is 1. The number of esters is 1. The van der Waals surface area contributed by atoms with Gasteiger partial charge in [0.25, 0.3) is 0 Å². The van der Waals surface area contributed by atoms with Crippen LogP contribution in [0.25, 0.3) is 11.1 Å². The molecule has 0 saturated heterocycles. The van der Waals surface area contributed by atoms with Crippen molar-refractivity contribution in [2.45, 2.75) is 18.9 Å². The highest BCUT2D eigenvalue weighted by molar-refractivity contribution is 7.98. The maximum absolute atomic E-state index is 12.3. The van der Waals surface area contributed by atoms with E-state index in [1.54, 1.807) is 38.4 Å². The largest absolute Gasteiger partial charge is 0.462 e. The fraction of sp³-hybridized carbons (Fsp3) is 0.250. The predicted molar refractivity (Wildman–Crippen MR) is 84.7 cm³/mol. The molecular weight excluding hydrogens is 298 g/mol. The van der Waals surface area contributed by atoms with Gasteiger partial charge < -0.3 is 4.74 Å². The summed E-state index contributed by atoms with van der Waals surface area (Å²) in [4.78, 5) is 20.7. The lowest BCUT2D eigenvalue weighted by Crippen LogP contribution is -2.12. The Hall–Kier alpha value is -2.39. The Labute approximate surface area is 133 Å². The van der Waals surface area contributed by atoms with Gasteiger partial charge in [0, 0.05) is 18.0 Å². The fourth-order valence-electron chi connectivity index (χ4n) is 2.19. The van der Waals surface area contributed by atoms with Crippen LogP contribution >= 0.6 is 11.8 Å². The Morgan fingerprint density at radius 2 is 2.09 bits per heavy atom. The minimum atomic E-state index is -0.469. The van der Waals surface area contributed by atoms with Gasteiger partial charge in [0.15, 0.2) is 0 Å². The van der Waals surface area contributed by atoms with Crippen LogP contribution in [0.4, 0.5) is 0 Å². The Morgan fingerprint density at radius 1 is 1.41 bits per heavy atom. The van der Waals surface area contributed by atoms with Crippen molar-refractivity contribution in [1.29, 1.82) is 5.26 Å². The van der Waals surface area contributed by atoms with Gasteiger partial charge in [-0.05, 0) is 37.8 Å². The van der Waals surface area contributed by atoms with Gasteiger partial charge in [-0.25, -0.2) is 9.78 Å². The SMILES string of the molecule is CCOC(=O)c1c(C)nc(SC)c(C#N)c1-c1ccncc1. The summed E-state index contributed by atoms with van der Waals surface area (Å²) in [6, 6.07) is 5.70. The van der Waals surface area contributed by atoms with E-state index in [4.69, 9.17) is 4.74 Å². The molecule has 0 saturated carbocycles. The summed E-state index contributed by atoms with van der Waals surface area (Å²) in [5.74, 6) is -0.469. The first-order chi connectivity index (χ1) is 10.6. The van der Waals surface area contributed by atoms with Crippen molar-refractivity contribution in [3.63, 3.8) is 0 Å². The van der Waals surface area contributed by atoms with Crippen LogP contribution in [0.5, 0.6) is 0 Å². The highest BCUT2D eigenvalue weighted by atomic mass is 32.2. The number of aromatic nitrogens is 2. The summed E-state index contributed by atoms with van der Waals surface area (Å²) in [5, 5.41) is 10.1. The fourth-order valence-corrected chi connectivity index (χ4v) is 2.77. The third-order valence-electron chi connectivity index (χ3n) is 3.10. The summed E-state index contributed by atoms with van der Waals surface area (Å²) < 4.78 is 5.13. The summed E-state index contributed by atoms with van der Waals surface area (Å²) in [7, 11) is 0. The molecule has 0 unspecified atom stereocenters. The molecule has 2 rings (SSSR count). The van der Waals surface area contributed by atoms with Gasteiger partial charge in [-0.15, -0.1) is 11.8 Å². The Kier molecular flexibility index (Phi) is 5.12. The number of hydrogen-bond donors (Lipinski definition) is 0. The molecule has 0 N–H and O–H groups in total. The second kappa shape index (κ2) is 7.05. The molecule has 2 aromatic heterocycles. The number of carbonyl (C=O) groups is 1. The van der Waals surface area contributed by atoms with Crippen molar-refractivity contribution in [2.24, 2.45) is 0 Å². The van der Waals surface area contributed by atoms with E-state index < -0.39 is 5.97 Å². The smallest absolute Gasteiger partial charge is 0.340 e. The Balaban J connectivity index is 2.83. The summed E-state index contributed by atoms with van der Waals surface area (Å²) in [6.45, 7) is 3.76. The van der Waals surface area contributed by atoms with Gasteiger partial charge in [-0.2, -0.15) is 5.26 Å². The van der Waals surface area contributed by atoms with Gasteiger partial charge in [0.1, 0.15) is 11.1 Å². The second-order valence-electron chi connectivity index (χ2n) is 4.40. The van der Waals surface area contributed by atoms with Crippen LogP contribution in [0.15, 0.2) is 29.6 Å². The molecule has 2 heterocycles. The van der Waals surface area contributed by atoms with E-state index in [1.807, 2.05) is 6.26 Å². The van der Waals surface area contributed by atoms with E-state index in [2.05, 4.69) is 16.0 Å². The van der Waals surface area contributed by atoms with E-state index in [0.717, 1.165) is 5.56 Å². The predicted octanol–water partition coefficient (Wildman–Crippen LogP) is 3.22. The van der Waals surface area contributed by atoms with Crippen LogP contribution in [-0.2, 0) is 4.74 Å². The first-order valence-electron chi connectivity index (χ1n) is 6.70. The lowest BCUT2D eigenvalue weighted by Gasteiger charge is -2.15. The molecule has 0 amide bonds. The molecule has 2 aromatic rings. The summed E-state index contributed by atoms with van der Waals surface area (Å²) >= 11 is 1.38. The van der Waals surface area contributed by atoms with Gasteiger partial charge in [0.05, 0.1) is 23.4 Å². The number of pyridine rings is 2. The van der Waals surface area contributed by atoms with Gasteiger partial charge in [-0.1, -0.05) is 0 Å². The van der Waals surface area contributed by atoms with Crippen LogP contribution in [0.3, 0.4) is 0 Å². The van der Waals surface area contributed by atoms with E-state index in [-0.39, 0.29) is 6.61 Å². The van der Waals surface area contributed by atoms with Crippen molar-refractivity contribution < 1.29 is 9.53 Å². The van der Waals surface area contributed by atoms with E-state index in [1.165, 1.54) is 11.8 Å². The highest BCUT2D eigenvalue weighted by Crippen LogP contribution is 2.34. The summed E-state index contributed by atoms with van der Waals surface area (Å²) in [5.41, 5.74) is 2.57. The third kappa shape index (κ3) is 2.95. The molecule has 112 valence electrons. The lowest BCUT2D eigenvalue weighted by atomic mass is 9.95. The van der Waals surface area contributed by atoms with E-state index in [9.17, 15) is 10.1 Å². The zero-order valence-corrected chi connectivity index (χ0v) is 13.4. The maximum Gasteiger partial charge on any atom is 0.340 e. The first-order valence-corrected chi connectivity index (χ1v) is 7.92. The number of aryl methyl sites for hydroxylation is 1. The zero-order chi connectivity index (χ0) is 16.1. The van der Waals surface area contributed by atoms with Crippen LogP contribution in [0.2, 0.25) is 0 Å². The molecule has 0 aliphatic heterocycles. The molecule has 0 spiro atoms. The number of rotatable bonds is 4. The van der Waals surface area contributed by atoms with Crippen molar-refractivity contribution >= 4 is 17.7 Å². The second-order valence-corrected chi connectivity index (χ2v) is 5.19. The molecule has 0 bridgehead atoms. The third-order valence-corrected chi connectivity index (χ3v) is 3.78. The molecule has 0 aromatic carbocycles. The normalized spacial score (nSPS) is 10.1. The van der Waals surface area contributed by atoms with Gasteiger partial charge in [-0.3, -0.25) is 4.98 Å². The molecular formula is C16H15N3O2S. The van der Waals surface area contributed by atoms with Crippen LogP contribution in [-0.4, -0.2) is 28.8 Å². The molecule has 22 heavy (non-hydrogen) atoms. The number of thioether (sulfide) groups is 1. The number of carbonyl (C=O) groups excluding carboxylic acids is 1. The van der Waals surface area contributed by atoms with E-state index >= 15 is 0 Å². The monoisotopic (exact) mass is 313 g/mol. The number of hydrogen-bond acceptors (Lipinski definition) is 6. The number of nitrogens with zero attached hydrogens (tertiary/aromatic N) is 3. The molecule has 0 atom stereocenters. The topological polar surface area (TPSA) is 75.9 Å². The van der Waals surface area contributed by atoms with Gasteiger partial charge >= 0.3 is 5.97 Å². The maximum atomic E-state index is 12.3. The molecule has 5 nitrogen and oxygen atoms in total. The Bertz CT molecular complexity index is 739. The zero-order valence-electron chi connectivity index (χ0n) is 12.6. The van der Waals surface area contributed by atoms with E-state index in [0.29, 0.717) is 27.4 Å². The van der Waals surface area contributed by atoms with Crippen molar-refractivity contribution in [1.82, 2.24) is 9.97 Å². The van der Waals surface area contributed by atoms with Gasteiger partial charge in [0.2, 0.25) is 0 Å². The molecule has 6 heteroatoms. The quantitative estimate of drug-likeness (QED) is 0.637. The molecule has 0 radical (unpaired) electrons. The minimum absolute atomic E-state index is 0.264. The number of nitriles is 1. The molecule has 0 aliphatic carbocycles. The standard InChI is InChI=1S/C16H15N3O2S/c1-4-21-16(20)13-10(2)19-15(22-3)12(9-17)14(13)11-5-7-18-8-6-11/h5-8H,4H2,1-3H3. The van der Waals surface area contributed by atoms with Crippen molar-refractivity contribution in [3.8, 4) is 17.2 Å². The van der Waals surface area contributed by atoms with Crippen LogP contribution in [0, 0.1) is 18.3 Å². The van der Waals surface area contributed by atoms with Crippen LogP contribution < -0.4 is 0 Å². The van der Waals surface area contributed by atoms with Crippen LogP contribution in [0.1, 0.15) is 28.5 Å². The average molecular weight is 313 g/mol. The van der Waals surface area contributed by atoms with Crippen molar-refractivity contribution in [3.05, 3.63) is 41.3 Å². The minimum Gasteiger partial charge on any atom is -0.462 e.